The van der Waals surface area contributed by atoms with Crippen LogP contribution >= 0.6 is 0 Å². The van der Waals surface area contributed by atoms with Crippen LogP contribution in [0.25, 0.3) is 0 Å². The van der Waals surface area contributed by atoms with E-state index < -0.39 is 11.6 Å². The Morgan fingerprint density at radius 1 is 1.30 bits per heavy atom. The molecule has 50 valence electrons. The Balaban J connectivity index is 3.14. The summed E-state index contributed by atoms with van der Waals surface area (Å²) in [5.41, 5.74) is 0.208. The Hall–Kier alpha value is -0.855. The SMILES string of the molecule is [B]Cc1cccc(F)c1F. The Labute approximate surface area is 59.3 Å². The zero-order chi connectivity index (χ0) is 7.56. The lowest BCUT2D eigenvalue weighted by molar-refractivity contribution is 0.502. The highest BCUT2D eigenvalue weighted by Gasteiger charge is 2.03. The molecule has 0 unspecified atom stereocenters. The van der Waals surface area contributed by atoms with E-state index in [0.29, 0.717) is 0 Å². The molecule has 10 heavy (non-hydrogen) atoms. The van der Waals surface area contributed by atoms with Crippen LogP contribution in [0.2, 0.25) is 0 Å². The van der Waals surface area contributed by atoms with Gasteiger partial charge in [0.15, 0.2) is 11.6 Å². The first-order valence-electron chi connectivity index (χ1n) is 2.88. The van der Waals surface area contributed by atoms with Crippen molar-refractivity contribution in [3.63, 3.8) is 0 Å². The summed E-state index contributed by atoms with van der Waals surface area (Å²) >= 11 is 0. The van der Waals surface area contributed by atoms with E-state index in [1.807, 2.05) is 0 Å². The lowest BCUT2D eigenvalue weighted by Crippen LogP contribution is -1.92. The zero-order valence-electron chi connectivity index (χ0n) is 5.27. The molecule has 1 rings (SSSR count). The van der Waals surface area contributed by atoms with Gasteiger partial charge in [0.1, 0.15) is 0 Å². The minimum atomic E-state index is -0.844. The minimum Gasteiger partial charge on any atom is -0.204 e. The van der Waals surface area contributed by atoms with E-state index in [1.165, 1.54) is 12.1 Å². The fraction of sp³-hybridized carbons (Fsp3) is 0.143. The zero-order valence-corrected chi connectivity index (χ0v) is 5.27. The molecule has 0 saturated heterocycles. The van der Waals surface area contributed by atoms with Crippen LogP contribution in [-0.4, -0.2) is 7.85 Å². The molecule has 2 radical (unpaired) electrons. The van der Waals surface area contributed by atoms with Gasteiger partial charge in [0.2, 0.25) is 0 Å². The monoisotopic (exact) mass is 138 g/mol. The summed E-state index contributed by atoms with van der Waals surface area (Å²) in [6, 6.07) is 3.95. The van der Waals surface area contributed by atoms with Crippen molar-refractivity contribution >= 4 is 7.85 Å². The molecule has 0 N–H and O–H groups in total. The number of hydrogen-bond donors (Lipinski definition) is 0. The van der Waals surface area contributed by atoms with Crippen LogP contribution in [0, 0.1) is 11.6 Å². The molecule has 0 aromatic heterocycles. The predicted octanol–water partition coefficient (Wildman–Crippen LogP) is 1.63. The van der Waals surface area contributed by atoms with E-state index in [0.717, 1.165) is 6.07 Å². The van der Waals surface area contributed by atoms with Crippen molar-refractivity contribution < 1.29 is 8.78 Å². The summed E-state index contributed by atoms with van der Waals surface area (Å²) in [6.07, 6.45) is 0.0313. The van der Waals surface area contributed by atoms with Gasteiger partial charge in [0.05, 0.1) is 7.85 Å². The second-order valence-corrected chi connectivity index (χ2v) is 1.92. The Bertz CT molecular complexity index is 235. The van der Waals surface area contributed by atoms with Crippen LogP contribution in [-0.2, 0) is 6.32 Å². The summed E-state index contributed by atoms with van der Waals surface area (Å²) in [6.45, 7) is 0. The molecule has 0 atom stereocenters. The fourth-order valence-corrected chi connectivity index (χ4v) is 0.706. The van der Waals surface area contributed by atoms with Gasteiger partial charge in [-0.25, -0.2) is 8.78 Å². The second-order valence-electron chi connectivity index (χ2n) is 1.92. The van der Waals surface area contributed by atoms with Gasteiger partial charge in [-0.2, -0.15) is 0 Å². The Kier molecular flexibility index (Phi) is 2.04. The molecule has 0 heterocycles. The van der Waals surface area contributed by atoms with Gasteiger partial charge in [-0.15, -0.1) is 0 Å². The first-order valence-corrected chi connectivity index (χ1v) is 2.88. The predicted molar refractivity (Wildman–Crippen MR) is 35.8 cm³/mol. The summed E-state index contributed by atoms with van der Waals surface area (Å²) in [7, 11) is 5.11. The van der Waals surface area contributed by atoms with Crippen LogP contribution in [0.5, 0.6) is 0 Å². The van der Waals surface area contributed by atoms with Gasteiger partial charge < -0.3 is 0 Å². The molecule has 0 aliphatic carbocycles. The minimum absolute atomic E-state index is 0.0313. The highest BCUT2D eigenvalue weighted by Crippen LogP contribution is 2.10. The first-order chi connectivity index (χ1) is 4.75. The van der Waals surface area contributed by atoms with E-state index in [-0.39, 0.29) is 11.9 Å². The molecule has 0 fully saturated rings. The summed E-state index contributed by atoms with van der Waals surface area (Å²) in [5, 5.41) is 0. The summed E-state index contributed by atoms with van der Waals surface area (Å²) < 4.78 is 24.9. The average Bonchev–Trinajstić information content (AvgIpc) is 1.95. The maximum atomic E-state index is 12.5. The summed E-state index contributed by atoms with van der Waals surface area (Å²) in [5.74, 6) is -1.69. The van der Waals surface area contributed by atoms with Crippen LogP contribution in [0.3, 0.4) is 0 Å². The third-order valence-corrected chi connectivity index (χ3v) is 1.25. The molecular weight excluding hydrogens is 133 g/mol. The Morgan fingerprint density at radius 2 is 2.00 bits per heavy atom. The van der Waals surface area contributed by atoms with Crippen LogP contribution < -0.4 is 0 Å². The van der Waals surface area contributed by atoms with Crippen molar-refractivity contribution in [2.24, 2.45) is 0 Å². The van der Waals surface area contributed by atoms with Crippen molar-refractivity contribution in [1.29, 1.82) is 0 Å². The lowest BCUT2D eigenvalue weighted by Gasteiger charge is -1.97. The largest absolute Gasteiger partial charge is 0.204 e. The smallest absolute Gasteiger partial charge is 0.161 e. The van der Waals surface area contributed by atoms with Crippen LogP contribution in [0.15, 0.2) is 18.2 Å². The molecule has 0 spiro atoms. The van der Waals surface area contributed by atoms with Crippen molar-refractivity contribution in [3.05, 3.63) is 35.4 Å². The summed E-state index contributed by atoms with van der Waals surface area (Å²) in [4.78, 5) is 0. The van der Waals surface area contributed by atoms with Crippen molar-refractivity contribution in [2.75, 3.05) is 0 Å². The number of hydrogen-bond acceptors (Lipinski definition) is 0. The lowest BCUT2D eigenvalue weighted by atomic mass is 9.96. The molecule has 0 aliphatic heterocycles. The molecule has 1 aromatic rings. The van der Waals surface area contributed by atoms with E-state index in [1.54, 1.807) is 0 Å². The molecule has 0 nitrogen and oxygen atoms in total. The number of benzene rings is 1. The number of halogens is 2. The van der Waals surface area contributed by atoms with Gasteiger partial charge in [0.25, 0.3) is 0 Å². The van der Waals surface area contributed by atoms with Crippen LogP contribution in [0.1, 0.15) is 5.56 Å². The first kappa shape index (κ1) is 7.25. The highest BCUT2D eigenvalue weighted by atomic mass is 19.2. The van der Waals surface area contributed by atoms with Gasteiger partial charge in [-0.1, -0.05) is 18.5 Å². The van der Waals surface area contributed by atoms with Gasteiger partial charge in [0, 0.05) is 0 Å². The average molecular weight is 138 g/mol. The van der Waals surface area contributed by atoms with Crippen molar-refractivity contribution in [1.82, 2.24) is 0 Å². The van der Waals surface area contributed by atoms with Gasteiger partial charge >= 0.3 is 0 Å². The number of rotatable bonds is 1. The van der Waals surface area contributed by atoms with Crippen molar-refractivity contribution in [2.45, 2.75) is 6.32 Å². The maximum Gasteiger partial charge on any atom is 0.161 e. The van der Waals surface area contributed by atoms with E-state index >= 15 is 0 Å². The standard InChI is InChI=1S/C7H5BF2/c8-4-5-2-1-3-6(9)7(5)10/h1-3H,4H2. The van der Waals surface area contributed by atoms with E-state index in [4.69, 9.17) is 7.85 Å². The van der Waals surface area contributed by atoms with Crippen LogP contribution in [0.4, 0.5) is 8.78 Å². The molecule has 3 heteroatoms. The molecule has 0 aliphatic rings. The Morgan fingerprint density at radius 3 is 2.50 bits per heavy atom. The molecule has 1 aromatic carbocycles. The third-order valence-electron chi connectivity index (χ3n) is 1.25. The molecule has 0 amide bonds. The quantitative estimate of drug-likeness (QED) is 0.517. The molecule has 0 bridgehead atoms. The fourth-order valence-electron chi connectivity index (χ4n) is 0.706. The third kappa shape index (κ3) is 1.18. The van der Waals surface area contributed by atoms with Gasteiger partial charge in [-0.05, 0) is 11.6 Å². The van der Waals surface area contributed by atoms with E-state index in [2.05, 4.69) is 0 Å². The second kappa shape index (κ2) is 2.82. The topological polar surface area (TPSA) is 0 Å². The highest BCUT2D eigenvalue weighted by molar-refractivity contribution is 6.08. The normalized spacial score (nSPS) is 9.80. The van der Waals surface area contributed by atoms with E-state index in [9.17, 15) is 8.78 Å². The van der Waals surface area contributed by atoms with Gasteiger partial charge in [-0.3, -0.25) is 0 Å². The maximum absolute atomic E-state index is 12.5. The molecule has 0 saturated carbocycles. The van der Waals surface area contributed by atoms with Crippen molar-refractivity contribution in [3.8, 4) is 0 Å². The molecular formula is C7H5BF2.